The average molecular weight is 297 g/mol. The van der Waals surface area contributed by atoms with Gasteiger partial charge in [-0.3, -0.25) is 9.59 Å². The highest BCUT2D eigenvalue weighted by molar-refractivity contribution is 9.10. The highest BCUT2D eigenvalue weighted by Gasteiger charge is 2.33. The lowest BCUT2D eigenvalue weighted by atomic mass is 10.2. The molecule has 1 aromatic rings. The van der Waals surface area contributed by atoms with Crippen LogP contribution in [0.25, 0.3) is 0 Å². The molecule has 0 saturated carbocycles. The van der Waals surface area contributed by atoms with Gasteiger partial charge >= 0.3 is 0 Å². The van der Waals surface area contributed by atoms with Crippen LogP contribution in [0.3, 0.4) is 0 Å². The van der Waals surface area contributed by atoms with E-state index in [0.717, 1.165) is 10.2 Å². The first-order valence-electron chi connectivity index (χ1n) is 5.40. The summed E-state index contributed by atoms with van der Waals surface area (Å²) in [4.78, 5) is 24.8. The Labute approximate surface area is 108 Å². The summed E-state index contributed by atoms with van der Waals surface area (Å²) in [5, 5.41) is 2.81. The van der Waals surface area contributed by atoms with E-state index < -0.39 is 0 Å². The second-order valence-corrected chi connectivity index (χ2v) is 4.97. The number of hydrogen-bond donors (Lipinski definition) is 1. The molecule has 1 aromatic carbocycles. The van der Waals surface area contributed by atoms with Crippen molar-refractivity contribution in [1.29, 1.82) is 0 Å². The molecule has 0 aromatic heterocycles. The van der Waals surface area contributed by atoms with E-state index in [1.807, 2.05) is 24.3 Å². The van der Waals surface area contributed by atoms with Crippen LogP contribution in [0, 0.1) is 0 Å². The third kappa shape index (κ3) is 2.66. The number of hydrogen-bond acceptors (Lipinski definition) is 2. The van der Waals surface area contributed by atoms with Gasteiger partial charge in [-0.1, -0.05) is 15.9 Å². The summed E-state index contributed by atoms with van der Waals surface area (Å²) < 4.78 is 0.962. The van der Waals surface area contributed by atoms with Crippen molar-refractivity contribution in [2.45, 2.75) is 18.9 Å². The normalized spacial score (nSPS) is 19.5. The minimum Gasteiger partial charge on any atom is -0.334 e. The standard InChI is InChI=1S/C12H13BrN2O2/c1-15-10(6-7-11(15)16)12(17)14-9-4-2-8(13)3-5-9/h2-5,10H,6-7H2,1H3,(H,14,17). The van der Waals surface area contributed by atoms with Crippen LogP contribution in [0.5, 0.6) is 0 Å². The summed E-state index contributed by atoms with van der Waals surface area (Å²) in [6.07, 6.45) is 1.05. The monoisotopic (exact) mass is 296 g/mol. The van der Waals surface area contributed by atoms with E-state index in [1.165, 1.54) is 4.90 Å². The zero-order valence-corrected chi connectivity index (χ0v) is 11.0. The van der Waals surface area contributed by atoms with E-state index in [2.05, 4.69) is 21.2 Å². The van der Waals surface area contributed by atoms with Crippen molar-refractivity contribution < 1.29 is 9.59 Å². The van der Waals surface area contributed by atoms with E-state index in [0.29, 0.717) is 12.8 Å². The van der Waals surface area contributed by atoms with Crippen molar-refractivity contribution in [2.24, 2.45) is 0 Å². The molecule has 1 saturated heterocycles. The largest absolute Gasteiger partial charge is 0.334 e. The number of anilines is 1. The lowest BCUT2D eigenvalue weighted by Crippen LogP contribution is -2.38. The quantitative estimate of drug-likeness (QED) is 0.908. The fourth-order valence-electron chi connectivity index (χ4n) is 1.87. The van der Waals surface area contributed by atoms with Gasteiger partial charge in [0.1, 0.15) is 6.04 Å². The van der Waals surface area contributed by atoms with Crippen LogP contribution in [0.2, 0.25) is 0 Å². The number of halogens is 1. The van der Waals surface area contributed by atoms with E-state index in [9.17, 15) is 9.59 Å². The Bertz CT molecular complexity index is 444. The molecule has 1 N–H and O–H groups in total. The van der Waals surface area contributed by atoms with Crippen LogP contribution in [-0.2, 0) is 9.59 Å². The lowest BCUT2D eigenvalue weighted by Gasteiger charge is -2.19. The van der Waals surface area contributed by atoms with Crippen LogP contribution in [0.1, 0.15) is 12.8 Å². The van der Waals surface area contributed by atoms with Crippen molar-refractivity contribution in [3.8, 4) is 0 Å². The van der Waals surface area contributed by atoms with Gasteiger partial charge in [0, 0.05) is 23.6 Å². The molecule has 5 heteroatoms. The molecule has 1 aliphatic heterocycles. The van der Waals surface area contributed by atoms with E-state index >= 15 is 0 Å². The molecule has 1 heterocycles. The Morgan fingerprint density at radius 3 is 2.59 bits per heavy atom. The first kappa shape index (κ1) is 12.1. The smallest absolute Gasteiger partial charge is 0.247 e. The third-order valence-corrected chi connectivity index (χ3v) is 3.44. The molecule has 0 radical (unpaired) electrons. The second kappa shape index (κ2) is 4.87. The molecular weight excluding hydrogens is 284 g/mol. The van der Waals surface area contributed by atoms with Gasteiger partial charge in [0.15, 0.2) is 0 Å². The van der Waals surface area contributed by atoms with Crippen LogP contribution in [-0.4, -0.2) is 29.8 Å². The van der Waals surface area contributed by atoms with Gasteiger partial charge in [0.2, 0.25) is 11.8 Å². The van der Waals surface area contributed by atoms with E-state index in [4.69, 9.17) is 0 Å². The molecule has 4 nitrogen and oxygen atoms in total. The van der Waals surface area contributed by atoms with Gasteiger partial charge in [-0.15, -0.1) is 0 Å². The van der Waals surface area contributed by atoms with Crippen LogP contribution in [0.4, 0.5) is 5.69 Å². The molecule has 2 amide bonds. The Morgan fingerprint density at radius 1 is 1.41 bits per heavy atom. The second-order valence-electron chi connectivity index (χ2n) is 4.06. The van der Waals surface area contributed by atoms with Gasteiger partial charge < -0.3 is 10.2 Å². The first-order valence-corrected chi connectivity index (χ1v) is 6.19. The minimum absolute atomic E-state index is 0.0287. The summed E-state index contributed by atoms with van der Waals surface area (Å²) in [6, 6.07) is 7.02. The average Bonchev–Trinajstić information content (AvgIpc) is 2.63. The van der Waals surface area contributed by atoms with Crippen molar-refractivity contribution in [1.82, 2.24) is 4.90 Å². The Morgan fingerprint density at radius 2 is 2.06 bits per heavy atom. The number of rotatable bonds is 2. The van der Waals surface area contributed by atoms with Crippen molar-refractivity contribution in [3.63, 3.8) is 0 Å². The summed E-state index contributed by atoms with van der Waals surface area (Å²) in [5.41, 5.74) is 0.742. The minimum atomic E-state index is -0.342. The number of likely N-dealkylation sites (N-methyl/N-ethyl adjacent to an activating group) is 1. The predicted octanol–water partition coefficient (Wildman–Crippen LogP) is 2.01. The Hall–Kier alpha value is -1.36. The topological polar surface area (TPSA) is 49.4 Å². The summed E-state index contributed by atoms with van der Waals surface area (Å²) in [6.45, 7) is 0. The van der Waals surface area contributed by atoms with Crippen molar-refractivity contribution in [3.05, 3.63) is 28.7 Å². The molecule has 0 bridgehead atoms. The molecule has 1 unspecified atom stereocenters. The lowest BCUT2D eigenvalue weighted by molar-refractivity contribution is -0.131. The van der Waals surface area contributed by atoms with E-state index in [1.54, 1.807) is 7.05 Å². The fraction of sp³-hybridized carbons (Fsp3) is 0.333. The Kier molecular flexibility index (Phi) is 3.47. The molecule has 2 rings (SSSR count). The number of nitrogens with one attached hydrogen (secondary N) is 1. The molecule has 1 fully saturated rings. The van der Waals surface area contributed by atoms with Gasteiger partial charge in [-0.25, -0.2) is 0 Å². The number of likely N-dealkylation sites (tertiary alicyclic amines) is 1. The zero-order valence-electron chi connectivity index (χ0n) is 9.44. The number of benzene rings is 1. The third-order valence-electron chi connectivity index (χ3n) is 2.91. The van der Waals surface area contributed by atoms with Gasteiger partial charge in [-0.05, 0) is 30.7 Å². The molecule has 1 atom stereocenters. The van der Waals surface area contributed by atoms with Gasteiger partial charge in [-0.2, -0.15) is 0 Å². The molecule has 1 aliphatic rings. The summed E-state index contributed by atoms with van der Waals surface area (Å²) in [5.74, 6) is -0.0957. The fourth-order valence-corrected chi connectivity index (χ4v) is 2.13. The maximum absolute atomic E-state index is 11.9. The number of amides is 2. The summed E-state index contributed by atoms with van der Waals surface area (Å²) >= 11 is 3.33. The van der Waals surface area contributed by atoms with Gasteiger partial charge in [0.05, 0.1) is 0 Å². The Balaban J connectivity index is 2.02. The first-order chi connectivity index (χ1) is 8.08. The van der Waals surface area contributed by atoms with Crippen LogP contribution < -0.4 is 5.32 Å². The maximum Gasteiger partial charge on any atom is 0.247 e. The number of carbonyl (C=O) groups excluding carboxylic acids is 2. The van der Waals surface area contributed by atoms with Crippen molar-refractivity contribution in [2.75, 3.05) is 12.4 Å². The predicted molar refractivity (Wildman–Crippen MR) is 68.6 cm³/mol. The maximum atomic E-state index is 11.9. The molecule has 0 aliphatic carbocycles. The van der Waals surface area contributed by atoms with Crippen LogP contribution in [0.15, 0.2) is 28.7 Å². The molecule has 17 heavy (non-hydrogen) atoms. The van der Waals surface area contributed by atoms with Crippen LogP contribution >= 0.6 is 15.9 Å². The highest BCUT2D eigenvalue weighted by atomic mass is 79.9. The molecular formula is C12H13BrN2O2. The SMILES string of the molecule is CN1C(=O)CCC1C(=O)Nc1ccc(Br)cc1. The van der Waals surface area contributed by atoms with Gasteiger partial charge in [0.25, 0.3) is 0 Å². The molecule has 0 spiro atoms. The van der Waals surface area contributed by atoms with Crippen molar-refractivity contribution >= 4 is 33.4 Å². The van der Waals surface area contributed by atoms with E-state index in [-0.39, 0.29) is 17.9 Å². The molecule has 90 valence electrons. The number of carbonyl (C=O) groups is 2. The zero-order chi connectivity index (χ0) is 12.4. The summed E-state index contributed by atoms with van der Waals surface area (Å²) in [7, 11) is 1.67. The number of nitrogens with zero attached hydrogens (tertiary/aromatic N) is 1. The highest BCUT2D eigenvalue weighted by Crippen LogP contribution is 2.19.